The minimum atomic E-state index is 0.760. The Bertz CT molecular complexity index is 300. The van der Waals surface area contributed by atoms with Crippen molar-refractivity contribution < 1.29 is 0 Å². The van der Waals surface area contributed by atoms with Gasteiger partial charge in [-0.3, -0.25) is 0 Å². The maximum absolute atomic E-state index is 2.42. The second kappa shape index (κ2) is 4.00. The number of benzene rings is 1. The summed E-state index contributed by atoms with van der Waals surface area (Å²) in [5, 5.41) is 0. The lowest BCUT2D eigenvalue weighted by atomic mass is 9.83. The van der Waals surface area contributed by atoms with Crippen LogP contribution in [-0.2, 0) is 0 Å². The Morgan fingerprint density at radius 2 is 1.13 bits per heavy atom. The molecule has 82 valence electrons. The average Bonchev–Trinajstić information content (AvgIpc) is 2.45. The summed E-state index contributed by atoms with van der Waals surface area (Å²) >= 11 is 0. The molecule has 1 aromatic rings. The van der Waals surface area contributed by atoms with Crippen molar-refractivity contribution in [3.05, 3.63) is 35.9 Å². The fraction of sp³-hybridized carbons (Fsp3) is 0.600. The molecule has 0 radical (unpaired) electrons. The van der Waals surface area contributed by atoms with Crippen LogP contribution in [0.4, 0.5) is 0 Å². The summed E-state index contributed by atoms with van der Waals surface area (Å²) in [5.41, 5.74) is 1.54. The van der Waals surface area contributed by atoms with Gasteiger partial charge in [-0.05, 0) is 35.2 Å². The van der Waals surface area contributed by atoms with Crippen molar-refractivity contribution in [1.82, 2.24) is 0 Å². The van der Waals surface area contributed by atoms with Crippen LogP contribution in [0.5, 0.6) is 0 Å². The van der Waals surface area contributed by atoms with Crippen molar-refractivity contribution in [2.75, 3.05) is 0 Å². The van der Waals surface area contributed by atoms with E-state index in [2.05, 4.69) is 58.0 Å². The molecule has 4 unspecified atom stereocenters. The lowest BCUT2D eigenvalue weighted by molar-refractivity contribution is 0.352. The predicted octanol–water partition coefficient (Wildman–Crippen LogP) is 4.33. The standard InChI is InChI=1S/C15H22/c1-10-11(2)13(4)15(12(10)3)14-8-6-5-7-9-14/h5-13,15H,1-4H3. The van der Waals surface area contributed by atoms with Crippen LogP contribution in [0.1, 0.15) is 39.2 Å². The van der Waals surface area contributed by atoms with E-state index in [1.807, 2.05) is 0 Å². The summed E-state index contributed by atoms with van der Waals surface area (Å²) in [6.45, 7) is 9.66. The van der Waals surface area contributed by atoms with Gasteiger partial charge in [-0.15, -0.1) is 0 Å². The lowest BCUT2D eigenvalue weighted by Gasteiger charge is -2.21. The summed E-state index contributed by atoms with van der Waals surface area (Å²) in [7, 11) is 0. The van der Waals surface area contributed by atoms with Crippen LogP contribution in [-0.4, -0.2) is 0 Å². The van der Waals surface area contributed by atoms with Gasteiger partial charge in [0.2, 0.25) is 0 Å². The van der Waals surface area contributed by atoms with E-state index in [9.17, 15) is 0 Å². The fourth-order valence-electron chi connectivity index (χ4n) is 3.37. The highest BCUT2D eigenvalue weighted by Crippen LogP contribution is 2.50. The van der Waals surface area contributed by atoms with Crippen LogP contribution in [0.2, 0.25) is 0 Å². The van der Waals surface area contributed by atoms with Crippen LogP contribution < -0.4 is 0 Å². The fourth-order valence-corrected chi connectivity index (χ4v) is 3.37. The molecule has 15 heavy (non-hydrogen) atoms. The molecule has 0 nitrogen and oxygen atoms in total. The van der Waals surface area contributed by atoms with Crippen molar-refractivity contribution >= 4 is 0 Å². The Balaban J connectivity index is 2.30. The molecule has 0 heterocycles. The van der Waals surface area contributed by atoms with Crippen molar-refractivity contribution in [3.63, 3.8) is 0 Å². The van der Waals surface area contributed by atoms with E-state index in [-0.39, 0.29) is 0 Å². The van der Waals surface area contributed by atoms with Crippen LogP contribution in [0.15, 0.2) is 30.3 Å². The Labute approximate surface area is 93.7 Å². The van der Waals surface area contributed by atoms with Gasteiger partial charge in [-0.25, -0.2) is 0 Å². The zero-order valence-electron chi connectivity index (χ0n) is 10.3. The Morgan fingerprint density at radius 3 is 1.60 bits per heavy atom. The third-order valence-corrected chi connectivity index (χ3v) is 4.81. The molecule has 1 fully saturated rings. The molecule has 0 aromatic heterocycles. The van der Waals surface area contributed by atoms with E-state index in [1.165, 1.54) is 5.56 Å². The molecule has 4 atom stereocenters. The zero-order chi connectivity index (χ0) is 11.0. The van der Waals surface area contributed by atoms with E-state index in [0.29, 0.717) is 0 Å². The smallest absolute Gasteiger partial charge is 0.0105 e. The molecule has 0 bridgehead atoms. The molecule has 1 aliphatic carbocycles. The molecule has 1 aromatic carbocycles. The molecule has 0 saturated heterocycles. The first-order valence-corrected chi connectivity index (χ1v) is 6.18. The Kier molecular flexibility index (Phi) is 2.86. The van der Waals surface area contributed by atoms with E-state index in [1.54, 1.807) is 0 Å². The summed E-state index contributed by atoms with van der Waals surface area (Å²) in [5.74, 6) is 4.10. The van der Waals surface area contributed by atoms with Gasteiger partial charge in [0.1, 0.15) is 0 Å². The molecule has 0 amide bonds. The highest BCUT2D eigenvalue weighted by molar-refractivity contribution is 5.23. The second-order valence-electron chi connectivity index (χ2n) is 5.37. The summed E-state index contributed by atoms with van der Waals surface area (Å²) in [6.07, 6.45) is 0. The van der Waals surface area contributed by atoms with Gasteiger partial charge < -0.3 is 0 Å². The van der Waals surface area contributed by atoms with Gasteiger partial charge in [-0.2, -0.15) is 0 Å². The van der Waals surface area contributed by atoms with Crippen LogP contribution in [0, 0.1) is 23.7 Å². The van der Waals surface area contributed by atoms with Crippen molar-refractivity contribution in [1.29, 1.82) is 0 Å². The molecular formula is C15H22. The van der Waals surface area contributed by atoms with Crippen LogP contribution >= 0.6 is 0 Å². The molecule has 1 aliphatic rings. The maximum Gasteiger partial charge on any atom is -0.0105 e. The van der Waals surface area contributed by atoms with Gasteiger partial charge >= 0.3 is 0 Å². The third-order valence-electron chi connectivity index (χ3n) is 4.81. The topological polar surface area (TPSA) is 0 Å². The van der Waals surface area contributed by atoms with Gasteiger partial charge in [0.05, 0.1) is 0 Å². The Hall–Kier alpha value is -0.780. The zero-order valence-corrected chi connectivity index (χ0v) is 10.3. The van der Waals surface area contributed by atoms with Gasteiger partial charge in [0.15, 0.2) is 0 Å². The minimum Gasteiger partial charge on any atom is -0.0622 e. The molecular weight excluding hydrogens is 180 g/mol. The molecule has 0 aliphatic heterocycles. The highest BCUT2D eigenvalue weighted by atomic mass is 14.5. The number of hydrogen-bond donors (Lipinski definition) is 0. The van der Waals surface area contributed by atoms with Crippen LogP contribution in [0.3, 0.4) is 0 Å². The quantitative estimate of drug-likeness (QED) is 0.636. The first-order valence-electron chi connectivity index (χ1n) is 6.18. The summed E-state index contributed by atoms with van der Waals surface area (Å²) < 4.78 is 0. The van der Waals surface area contributed by atoms with E-state index < -0.39 is 0 Å². The lowest BCUT2D eigenvalue weighted by Crippen LogP contribution is -2.10. The van der Waals surface area contributed by atoms with Gasteiger partial charge in [0, 0.05) is 0 Å². The minimum absolute atomic E-state index is 0.760. The van der Waals surface area contributed by atoms with Gasteiger partial charge in [0.25, 0.3) is 0 Å². The predicted molar refractivity (Wildman–Crippen MR) is 65.8 cm³/mol. The monoisotopic (exact) mass is 202 g/mol. The Morgan fingerprint density at radius 1 is 0.667 bits per heavy atom. The first kappa shape index (κ1) is 10.7. The van der Waals surface area contributed by atoms with E-state index >= 15 is 0 Å². The maximum atomic E-state index is 2.42. The van der Waals surface area contributed by atoms with Crippen molar-refractivity contribution in [3.8, 4) is 0 Å². The molecule has 2 rings (SSSR count). The van der Waals surface area contributed by atoms with Crippen molar-refractivity contribution in [2.45, 2.75) is 33.6 Å². The molecule has 0 spiro atoms. The number of rotatable bonds is 1. The highest BCUT2D eigenvalue weighted by Gasteiger charge is 2.41. The van der Waals surface area contributed by atoms with Gasteiger partial charge in [-0.1, -0.05) is 58.0 Å². The van der Waals surface area contributed by atoms with E-state index in [0.717, 1.165) is 29.6 Å². The molecule has 0 heteroatoms. The first-order chi connectivity index (χ1) is 7.13. The third kappa shape index (κ3) is 1.71. The largest absolute Gasteiger partial charge is 0.0622 e. The summed E-state index contributed by atoms with van der Waals surface area (Å²) in [4.78, 5) is 0. The SMILES string of the molecule is CC1C(C)C(C)C(c2ccccc2)C1C. The average molecular weight is 202 g/mol. The second-order valence-corrected chi connectivity index (χ2v) is 5.37. The van der Waals surface area contributed by atoms with Crippen molar-refractivity contribution in [2.24, 2.45) is 23.7 Å². The van der Waals surface area contributed by atoms with E-state index in [4.69, 9.17) is 0 Å². The molecule has 1 saturated carbocycles. The normalized spacial score (nSPS) is 40.7. The molecule has 0 N–H and O–H groups in total. The van der Waals surface area contributed by atoms with Crippen LogP contribution in [0.25, 0.3) is 0 Å². The number of hydrogen-bond acceptors (Lipinski definition) is 0. The summed E-state index contributed by atoms with van der Waals surface area (Å²) in [6, 6.07) is 11.0.